The Balaban J connectivity index is 1.83. The van der Waals surface area contributed by atoms with Crippen molar-refractivity contribution < 1.29 is 9.53 Å². The molecule has 0 aliphatic carbocycles. The Morgan fingerprint density at radius 3 is 2.32 bits per heavy atom. The normalized spacial score (nSPS) is 11.1. The summed E-state index contributed by atoms with van der Waals surface area (Å²) in [6, 6.07) is 28.3. The molecule has 0 N–H and O–H groups in total. The SMILES string of the molecule is CC(C)(c1[c]cccc1)c1ccccc1OCC(=O)c1ccccc1. The van der Waals surface area contributed by atoms with Gasteiger partial charge in [-0.2, -0.15) is 0 Å². The highest BCUT2D eigenvalue weighted by molar-refractivity contribution is 5.97. The largest absolute Gasteiger partial charge is 0.485 e. The second-order valence-corrected chi connectivity index (χ2v) is 6.48. The number of ether oxygens (including phenoxy) is 1. The van der Waals surface area contributed by atoms with Gasteiger partial charge in [0.2, 0.25) is 0 Å². The van der Waals surface area contributed by atoms with Gasteiger partial charge in [-0.25, -0.2) is 0 Å². The van der Waals surface area contributed by atoms with Gasteiger partial charge in [-0.3, -0.25) is 4.79 Å². The van der Waals surface area contributed by atoms with E-state index in [0.717, 1.165) is 16.9 Å². The van der Waals surface area contributed by atoms with Crippen molar-refractivity contribution in [1.29, 1.82) is 0 Å². The molecule has 3 aromatic carbocycles. The molecule has 0 aliphatic rings. The van der Waals surface area contributed by atoms with Crippen LogP contribution in [0.1, 0.15) is 35.3 Å². The van der Waals surface area contributed by atoms with Gasteiger partial charge in [0.25, 0.3) is 0 Å². The maximum atomic E-state index is 12.3. The average Bonchev–Trinajstić information content (AvgIpc) is 2.67. The summed E-state index contributed by atoms with van der Waals surface area (Å²) in [5.41, 5.74) is 2.52. The van der Waals surface area contributed by atoms with Gasteiger partial charge in [0.1, 0.15) is 5.75 Å². The van der Waals surface area contributed by atoms with E-state index in [1.165, 1.54) is 0 Å². The molecule has 2 heteroatoms. The van der Waals surface area contributed by atoms with Crippen LogP contribution in [-0.4, -0.2) is 12.4 Å². The predicted molar refractivity (Wildman–Crippen MR) is 100 cm³/mol. The smallest absolute Gasteiger partial charge is 0.200 e. The summed E-state index contributed by atoms with van der Waals surface area (Å²) >= 11 is 0. The lowest BCUT2D eigenvalue weighted by atomic mass is 9.78. The van der Waals surface area contributed by atoms with Crippen LogP contribution >= 0.6 is 0 Å². The van der Waals surface area contributed by atoms with Crippen LogP contribution in [0.3, 0.4) is 0 Å². The Bertz CT molecular complexity index is 836. The van der Waals surface area contributed by atoms with E-state index in [4.69, 9.17) is 4.74 Å². The molecule has 25 heavy (non-hydrogen) atoms. The maximum Gasteiger partial charge on any atom is 0.200 e. The van der Waals surface area contributed by atoms with Gasteiger partial charge >= 0.3 is 0 Å². The molecule has 0 bridgehead atoms. The number of Topliss-reactive ketones (excluding diaryl/α,β-unsaturated/α-hetero) is 1. The van der Waals surface area contributed by atoms with Crippen LogP contribution < -0.4 is 4.74 Å². The number of hydrogen-bond acceptors (Lipinski definition) is 2. The Morgan fingerprint density at radius 2 is 1.60 bits per heavy atom. The van der Waals surface area contributed by atoms with Crippen molar-refractivity contribution in [2.45, 2.75) is 19.3 Å². The van der Waals surface area contributed by atoms with Gasteiger partial charge in [0.05, 0.1) is 0 Å². The minimum absolute atomic E-state index is 0.0234. The molecule has 3 rings (SSSR count). The fourth-order valence-electron chi connectivity index (χ4n) is 2.89. The van der Waals surface area contributed by atoms with Crippen molar-refractivity contribution in [2.75, 3.05) is 6.61 Å². The fraction of sp³-hybridized carbons (Fsp3) is 0.174. The fourth-order valence-corrected chi connectivity index (χ4v) is 2.89. The van der Waals surface area contributed by atoms with Crippen molar-refractivity contribution in [2.24, 2.45) is 0 Å². The lowest BCUT2D eigenvalue weighted by Crippen LogP contribution is -2.21. The van der Waals surface area contributed by atoms with E-state index in [-0.39, 0.29) is 17.8 Å². The van der Waals surface area contributed by atoms with Gasteiger partial charge in [-0.15, -0.1) is 0 Å². The van der Waals surface area contributed by atoms with Crippen molar-refractivity contribution in [3.63, 3.8) is 0 Å². The molecule has 1 radical (unpaired) electrons. The van der Waals surface area contributed by atoms with Gasteiger partial charge in [-0.1, -0.05) is 86.6 Å². The van der Waals surface area contributed by atoms with Crippen molar-refractivity contribution in [3.05, 3.63) is 102 Å². The molecule has 0 aliphatic heterocycles. The third kappa shape index (κ3) is 3.80. The van der Waals surface area contributed by atoms with Crippen LogP contribution in [0.5, 0.6) is 5.75 Å². The Hall–Kier alpha value is -2.87. The number of benzene rings is 3. The molecular formula is C23H21O2. The van der Waals surface area contributed by atoms with Crippen molar-refractivity contribution >= 4 is 5.78 Å². The van der Waals surface area contributed by atoms with Crippen molar-refractivity contribution in [3.8, 4) is 5.75 Å². The first-order valence-corrected chi connectivity index (χ1v) is 8.37. The molecular weight excluding hydrogens is 308 g/mol. The summed E-state index contributed by atoms with van der Waals surface area (Å²) in [7, 11) is 0. The van der Waals surface area contributed by atoms with E-state index in [1.54, 1.807) is 12.1 Å². The first kappa shape index (κ1) is 17.0. The van der Waals surface area contributed by atoms with Crippen LogP contribution in [0.4, 0.5) is 0 Å². The van der Waals surface area contributed by atoms with Gasteiger partial charge < -0.3 is 4.74 Å². The molecule has 0 unspecified atom stereocenters. The molecule has 2 nitrogen and oxygen atoms in total. The Kier molecular flexibility index (Phi) is 4.99. The zero-order chi connectivity index (χ0) is 17.7. The lowest BCUT2D eigenvalue weighted by molar-refractivity contribution is 0.0920. The minimum Gasteiger partial charge on any atom is -0.485 e. The molecule has 125 valence electrons. The third-order valence-corrected chi connectivity index (χ3v) is 4.40. The highest BCUT2D eigenvalue weighted by Crippen LogP contribution is 2.36. The quantitative estimate of drug-likeness (QED) is 0.590. The van der Waals surface area contributed by atoms with Crippen LogP contribution in [0.15, 0.2) is 78.9 Å². The monoisotopic (exact) mass is 329 g/mol. The molecule has 0 fully saturated rings. The van der Waals surface area contributed by atoms with Crippen molar-refractivity contribution in [1.82, 2.24) is 0 Å². The van der Waals surface area contributed by atoms with E-state index >= 15 is 0 Å². The van der Waals surface area contributed by atoms with E-state index in [0.29, 0.717) is 5.56 Å². The summed E-state index contributed by atoms with van der Waals surface area (Å²) in [5.74, 6) is 0.702. The molecule has 0 heterocycles. The average molecular weight is 329 g/mol. The zero-order valence-electron chi connectivity index (χ0n) is 14.5. The summed E-state index contributed by atoms with van der Waals surface area (Å²) in [5, 5.41) is 0. The van der Waals surface area contributed by atoms with Crippen LogP contribution in [0.2, 0.25) is 0 Å². The molecule has 0 saturated carbocycles. The summed E-state index contributed by atoms with van der Waals surface area (Å²) < 4.78 is 5.90. The summed E-state index contributed by atoms with van der Waals surface area (Å²) in [4.78, 5) is 12.3. The Morgan fingerprint density at radius 1 is 0.920 bits per heavy atom. The molecule has 0 amide bonds. The predicted octanol–water partition coefficient (Wildman–Crippen LogP) is 5.07. The van der Waals surface area contributed by atoms with Crippen LogP contribution in [-0.2, 0) is 5.41 Å². The van der Waals surface area contributed by atoms with E-state index in [2.05, 4.69) is 26.0 Å². The highest BCUT2D eigenvalue weighted by atomic mass is 16.5. The molecule has 0 aromatic heterocycles. The van der Waals surface area contributed by atoms with Crippen LogP contribution in [0.25, 0.3) is 0 Å². The van der Waals surface area contributed by atoms with E-state index in [1.807, 2.05) is 60.7 Å². The van der Waals surface area contributed by atoms with Gasteiger partial charge in [0.15, 0.2) is 12.4 Å². The zero-order valence-corrected chi connectivity index (χ0v) is 14.5. The number of para-hydroxylation sites is 1. The molecule has 0 atom stereocenters. The number of carbonyl (C=O) groups excluding carboxylic acids is 1. The standard InChI is InChI=1S/C23H21O2/c1-23(2,19-13-7-4-8-14-19)20-15-9-10-16-22(20)25-17-21(24)18-11-5-3-6-12-18/h3-13,15-16H,17H2,1-2H3. The van der Waals surface area contributed by atoms with E-state index in [9.17, 15) is 4.79 Å². The van der Waals surface area contributed by atoms with Crippen LogP contribution in [0, 0.1) is 6.07 Å². The second kappa shape index (κ2) is 7.35. The Labute approximate surface area is 149 Å². The number of carbonyl (C=O) groups is 1. The summed E-state index contributed by atoms with van der Waals surface area (Å²) in [6.07, 6.45) is 0. The molecule has 3 aromatic rings. The number of hydrogen-bond donors (Lipinski definition) is 0. The van der Waals surface area contributed by atoms with Gasteiger partial charge in [0, 0.05) is 16.5 Å². The molecule has 0 saturated heterocycles. The lowest BCUT2D eigenvalue weighted by Gasteiger charge is -2.28. The highest BCUT2D eigenvalue weighted by Gasteiger charge is 2.26. The first-order valence-electron chi connectivity index (χ1n) is 8.37. The van der Waals surface area contributed by atoms with E-state index < -0.39 is 0 Å². The number of ketones is 1. The molecule has 0 spiro atoms. The first-order chi connectivity index (χ1) is 12.1. The summed E-state index contributed by atoms with van der Waals surface area (Å²) in [6.45, 7) is 4.30. The number of rotatable bonds is 6. The van der Waals surface area contributed by atoms with Gasteiger partial charge in [-0.05, 0) is 17.7 Å². The maximum absolute atomic E-state index is 12.3. The second-order valence-electron chi connectivity index (χ2n) is 6.48. The minimum atomic E-state index is -0.270. The topological polar surface area (TPSA) is 26.3 Å². The third-order valence-electron chi connectivity index (χ3n) is 4.40.